The highest BCUT2D eigenvalue weighted by Gasteiger charge is 2.33. The number of hydrazone groups is 1. The third kappa shape index (κ3) is 4.61. The molecule has 0 fully saturated rings. The van der Waals surface area contributed by atoms with E-state index < -0.39 is 0 Å². The second kappa shape index (κ2) is 9.08. The number of hydrogen-bond donors (Lipinski definition) is 1. The minimum Gasteiger partial charge on any atom is -0.268 e. The number of amides is 1. The van der Waals surface area contributed by atoms with Gasteiger partial charge in [0.15, 0.2) is 0 Å². The quantitative estimate of drug-likeness (QED) is 0.557. The van der Waals surface area contributed by atoms with Gasteiger partial charge in [0.2, 0.25) is 0 Å². The molecule has 0 saturated heterocycles. The van der Waals surface area contributed by atoms with Crippen LogP contribution in [0.1, 0.15) is 18.0 Å². The predicted octanol–water partition coefficient (Wildman–Crippen LogP) is 5.99. The molecule has 2 aliphatic rings. The largest absolute Gasteiger partial charge is 0.286 e. The molecule has 4 rings (SSSR count). The SMILES string of the molecule is O=C(NN1C=CC=CC=C1)C1=NN(c2ccc(Cl)cc2Cl)C(c2ccc(Br)cc2)C1. The summed E-state index contributed by atoms with van der Waals surface area (Å²) >= 11 is 16.0. The summed E-state index contributed by atoms with van der Waals surface area (Å²) in [5, 5.41) is 9.02. The van der Waals surface area contributed by atoms with Gasteiger partial charge in [0.25, 0.3) is 5.91 Å². The van der Waals surface area contributed by atoms with Crippen molar-refractivity contribution in [1.82, 2.24) is 10.4 Å². The Balaban J connectivity index is 1.64. The van der Waals surface area contributed by atoms with E-state index in [2.05, 4.69) is 26.5 Å². The summed E-state index contributed by atoms with van der Waals surface area (Å²) in [5.41, 5.74) is 4.96. The number of anilines is 1. The maximum atomic E-state index is 12.9. The van der Waals surface area contributed by atoms with Crippen LogP contribution in [0.3, 0.4) is 0 Å². The van der Waals surface area contributed by atoms with Crippen molar-refractivity contribution in [2.24, 2.45) is 5.10 Å². The van der Waals surface area contributed by atoms with Crippen molar-refractivity contribution in [3.63, 3.8) is 0 Å². The van der Waals surface area contributed by atoms with Gasteiger partial charge in [-0.2, -0.15) is 5.10 Å². The first-order valence-corrected chi connectivity index (χ1v) is 10.7. The Bertz CT molecular complexity index is 1060. The number of carbonyl (C=O) groups is 1. The number of carbonyl (C=O) groups excluding carboxylic acids is 1. The molecule has 2 aromatic rings. The van der Waals surface area contributed by atoms with Crippen molar-refractivity contribution < 1.29 is 4.79 Å². The summed E-state index contributed by atoms with van der Waals surface area (Å²) in [7, 11) is 0. The highest BCUT2D eigenvalue weighted by Crippen LogP contribution is 2.39. The van der Waals surface area contributed by atoms with Crippen LogP contribution in [0.15, 0.2) is 88.7 Å². The van der Waals surface area contributed by atoms with Crippen molar-refractivity contribution in [2.75, 3.05) is 5.01 Å². The number of rotatable bonds is 4. The molecule has 1 amide bonds. The lowest BCUT2D eigenvalue weighted by atomic mass is 10.0. The number of nitrogens with one attached hydrogen (secondary N) is 1. The minimum atomic E-state index is -0.277. The normalized spacial score (nSPS) is 17.8. The van der Waals surface area contributed by atoms with Crippen LogP contribution >= 0.6 is 39.1 Å². The Morgan fingerprint density at radius 3 is 2.40 bits per heavy atom. The van der Waals surface area contributed by atoms with Gasteiger partial charge in [-0.1, -0.05) is 63.4 Å². The Labute approximate surface area is 193 Å². The molecular formula is C22H17BrCl2N4O. The monoisotopic (exact) mass is 502 g/mol. The Hall–Kier alpha value is -2.54. The first-order valence-electron chi connectivity index (χ1n) is 9.19. The van der Waals surface area contributed by atoms with Crippen LogP contribution in [0.2, 0.25) is 10.0 Å². The van der Waals surface area contributed by atoms with Gasteiger partial charge < -0.3 is 0 Å². The number of nitrogens with zero attached hydrogens (tertiary/aromatic N) is 3. The van der Waals surface area contributed by atoms with Crippen LogP contribution in [-0.2, 0) is 4.79 Å². The highest BCUT2D eigenvalue weighted by molar-refractivity contribution is 9.10. The fraction of sp³-hybridized carbons (Fsp3) is 0.0909. The van der Waals surface area contributed by atoms with E-state index in [0.29, 0.717) is 27.9 Å². The topological polar surface area (TPSA) is 47.9 Å². The average Bonchev–Trinajstić information content (AvgIpc) is 3.00. The molecule has 0 spiro atoms. The molecule has 0 saturated carbocycles. The van der Waals surface area contributed by atoms with E-state index in [1.807, 2.05) is 54.6 Å². The van der Waals surface area contributed by atoms with E-state index in [4.69, 9.17) is 23.2 Å². The van der Waals surface area contributed by atoms with E-state index in [1.165, 1.54) is 0 Å². The first-order chi connectivity index (χ1) is 14.5. The predicted molar refractivity (Wildman–Crippen MR) is 125 cm³/mol. The van der Waals surface area contributed by atoms with E-state index in [-0.39, 0.29) is 11.9 Å². The molecule has 30 heavy (non-hydrogen) atoms. The van der Waals surface area contributed by atoms with Crippen LogP contribution in [0, 0.1) is 0 Å². The van der Waals surface area contributed by atoms with Crippen molar-refractivity contribution in [3.8, 4) is 0 Å². The molecule has 5 nitrogen and oxygen atoms in total. The van der Waals surface area contributed by atoms with Crippen molar-refractivity contribution >= 4 is 56.4 Å². The lowest BCUT2D eigenvalue weighted by Crippen LogP contribution is -2.39. The molecule has 1 unspecified atom stereocenters. The molecule has 0 bridgehead atoms. The zero-order valence-corrected chi connectivity index (χ0v) is 18.8. The molecular weight excluding hydrogens is 487 g/mol. The maximum Gasteiger partial charge on any atom is 0.286 e. The second-order valence-corrected chi connectivity index (χ2v) is 8.43. The standard InChI is InChI=1S/C22H17BrCl2N4O/c23-16-7-5-15(6-8-16)21-14-19(22(30)27-28-11-3-1-2-4-12-28)26-29(21)20-10-9-17(24)13-18(20)25/h1-13,21H,14H2,(H,27,30). The van der Waals surface area contributed by atoms with Gasteiger partial charge in [-0.15, -0.1) is 0 Å². The summed E-state index contributed by atoms with van der Waals surface area (Å²) in [6, 6.07) is 13.0. The van der Waals surface area contributed by atoms with Gasteiger partial charge in [-0.05, 0) is 48.0 Å². The summed E-state index contributed by atoms with van der Waals surface area (Å²) < 4.78 is 0.979. The van der Waals surface area contributed by atoms with Crippen LogP contribution in [-0.4, -0.2) is 16.6 Å². The molecule has 0 radical (unpaired) electrons. The third-order valence-corrected chi connectivity index (χ3v) is 5.71. The zero-order valence-electron chi connectivity index (χ0n) is 15.7. The van der Waals surface area contributed by atoms with Gasteiger partial charge in [0.1, 0.15) is 5.71 Å². The zero-order chi connectivity index (χ0) is 21.1. The fourth-order valence-electron chi connectivity index (χ4n) is 3.20. The van der Waals surface area contributed by atoms with Crippen molar-refractivity contribution in [1.29, 1.82) is 0 Å². The summed E-state index contributed by atoms with van der Waals surface area (Å²) in [6.07, 6.45) is 11.4. The van der Waals surface area contributed by atoms with E-state index in [1.54, 1.807) is 34.6 Å². The van der Waals surface area contributed by atoms with Crippen molar-refractivity contribution in [2.45, 2.75) is 12.5 Å². The van der Waals surface area contributed by atoms with Gasteiger partial charge in [0, 0.05) is 28.3 Å². The molecule has 0 aliphatic carbocycles. The molecule has 0 aromatic heterocycles. The van der Waals surface area contributed by atoms with Gasteiger partial charge in [-0.25, -0.2) is 0 Å². The fourth-order valence-corrected chi connectivity index (χ4v) is 3.96. The molecule has 1 atom stereocenters. The molecule has 2 heterocycles. The number of benzene rings is 2. The second-order valence-electron chi connectivity index (χ2n) is 6.67. The molecule has 2 aromatic carbocycles. The molecule has 8 heteroatoms. The van der Waals surface area contributed by atoms with Crippen molar-refractivity contribution in [3.05, 3.63) is 99.2 Å². The van der Waals surface area contributed by atoms with E-state index in [9.17, 15) is 4.79 Å². The van der Waals surface area contributed by atoms with Crippen LogP contribution in [0.5, 0.6) is 0 Å². The number of hydrogen-bond acceptors (Lipinski definition) is 4. The Kier molecular flexibility index (Phi) is 6.27. The average molecular weight is 504 g/mol. The Morgan fingerprint density at radius 1 is 1.03 bits per heavy atom. The summed E-state index contributed by atoms with van der Waals surface area (Å²) in [6.45, 7) is 0. The Morgan fingerprint density at radius 2 is 1.73 bits per heavy atom. The lowest BCUT2D eigenvalue weighted by Gasteiger charge is -2.25. The number of hydrazine groups is 1. The van der Waals surface area contributed by atoms with Crippen LogP contribution in [0.4, 0.5) is 5.69 Å². The van der Waals surface area contributed by atoms with E-state index >= 15 is 0 Å². The summed E-state index contributed by atoms with van der Waals surface area (Å²) in [5.74, 6) is -0.277. The highest BCUT2D eigenvalue weighted by atomic mass is 79.9. The smallest absolute Gasteiger partial charge is 0.268 e. The van der Waals surface area contributed by atoms with Gasteiger partial charge in [0.05, 0.1) is 16.8 Å². The molecule has 1 N–H and O–H groups in total. The number of halogens is 3. The van der Waals surface area contributed by atoms with E-state index in [0.717, 1.165) is 10.0 Å². The maximum absolute atomic E-state index is 12.9. The molecule has 152 valence electrons. The number of allylic oxidation sites excluding steroid dienone is 4. The summed E-state index contributed by atoms with van der Waals surface area (Å²) in [4.78, 5) is 12.9. The third-order valence-electron chi connectivity index (χ3n) is 4.64. The lowest BCUT2D eigenvalue weighted by molar-refractivity contribution is -0.117. The van der Waals surface area contributed by atoms with Gasteiger partial charge >= 0.3 is 0 Å². The molecule has 2 aliphatic heterocycles. The van der Waals surface area contributed by atoms with Crippen LogP contribution < -0.4 is 10.4 Å². The van der Waals surface area contributed by atoms with Crippen LogP contribution in [0.25, 0.3) is 0 Å². The van der Waals surface area contributed by atoms with Gasteiger partial charge in [-0.3, -0.25) is 20.2 Å². The first kappa shape index (κ1) is 20.7. The minimum absolute atomic E-state index is 0.172.